The zero-order valence-electron chi connectivity index (χ0n) is 11.6. The van der Waals surface area contributed by atoms with Crippen LogP contribution in [0.1, 0.15) is 15.2 Å². The van der Waals surface area contributed by atoms with Gasteiger partial charge in [0, 0.05) is 14.7 Å². The summed E-state index contributed by atoms with van der Waals surface area (Å²) in [5.41, 5.74) is 2.96. The fourth-order valence-corrected chi connectivity index (χ4v) is 4.20. The molecule has 4 nitrogen and oxygen atoms in total. The van der Waals surface area contributed by atoms with E-state index in [9.17, 15) is 9.90 Å². The minimum atomic E-state index is -0.281. The van der Waals surface area contributed by atoms with Gasteiger partial charge in [0.1, 0.15) is 5.75 Å². The first-order chi connectivity index (χ1) is 11.0. The minimum Gasteiger partial charge on any atom is -0.506 e. The van der Waals surface area contributed by atoms with Gasteiger partial charge in [0.15, 0.2) is 0 Å². The Balaban J connectivity index is 1.76. The normalized spacial score (nSPS) is 11.2. The van der Waals surface area contributed by atoms with Crippen molar-refractivity contribution in [1.29, 1.82) is 0 Å². The second-order valence-electron chi connectivity index (χ2n) is 4.67. The number of hydrazone groups is 1. The Morgan fingerprint density at radius 3 is 2.78 bits per heavy atom. The van der Waals surface area contributed by atoms with Gasteiger partial charge in [0.25, 0.3) is 5.91 Å². The number of amides is 1. The smallest absolute Gasteiger partial charge is 0.281 e. The lowest BCUT2D eigenvalue weighted by molar-refractivity contribution is 0.0959. The first-order valence-corrected chi connectivity index (χ1v) is 8.95. The van der Waals surface area contributed by atoms with Gasteiger partial charge < -0.3 is 5.11 Å². The number of phenols is 1. The van der Waals surface area contributed by atoms with Crippen molar-refractivity contribution in [1.82, 2.24) is 5.43 Å². The van der Waals surface area contributed by atoms with E-state index in [2.05, 4.69) is 42.4 Å². The van der Waals surface area contributed by atoms with Crippen molar-refractivity contribution in [2.24, 2.45) is 5.10 Å². The van der Waals surface area contributed by atoms with E-state index in [1.54, 1.807) is 12.1 Å². The molecule has 0 bridgehead atoms. The maximum Gasteiger partial charge on any atom is 0.281 e. The molecule has 3 aromatic rings. The number of benzene rings is 2. The molecule has 116 valence electrons. The molecule has 0 atom stereocenters. The highest BCUT2D eigenvalue weighted by Crippen LogP contribution is 2.30. The van der Waals surface area contributed by atoms with Crippen LogP contribution >= 0.6 is 43.2 Å². The average molecular weight is 454 g/mol. The number of thiophene rings is 1. The van der Waals surface area contributed by atoms with Gasteiger partial charge in [-0.05, 0) is 45.6 Å². The summed E-state index contributed by atoms with van der Waals surface area (Å²) in [6.45, 7) is 0. The number of rotatable bonds is 3. The Labute approximate surface area is 153 Å². The number of nitrogens with zero attached hydrogens (tertiary/aromatic N) is 1. The van der Waals surface area contributed by atoms with Gasteiger partial charge in [0.2, 0.25) is 0 Å². The standard InChI is InChI=1S/C16H10Br2N2O2S/c17-11-5-10(15(21)12(18)7-11)8-19-20-16(22)14-6-9-3-1-2-4-13(9)23-14/h1-8,21H,(H,20,22)/b19-8+. The van der Waals surface area contributed by atoms with E-state index in [0.717, 1.165) is 14.6 Å². The highest BCUT2D eigenvalue weighted by Gasteiger charge is 2.09. The predicted octanol–water partition coefficient (Wildman–Crippen LogP) is 4.90. The number of nitrogens with one attached hydrogen (secondary N) is 1. The first kappa shape index (κ1) is 16.2. The van der Waals surface area contributed by atoms with E-state index in [1.807, 2.05) is 30.3 Å². The quantitative estimate of drug-likeness (QED) is 0.437. The Kier molecular flexibility index (Phi) is 4.79. The van der Waals surface area contributed by atoms with Crippen molar-refractivity contribution in [3.63, 3.8) is 0 Å². The number of fused-ring (bicyclic) bond motifs is 1. The second-order valence-corrected chi connectivity index (χ2v) is 7.53. The van der Waals surface area contributed by atoms with E-state index in [0.29, 0.717) is 14.9 Å². The van der Waals surface area contributed by atoms with Gasteiger partial charge in [-0.15, -0.1) is 11.3 Å². The third-order valence-electron chi connectivity index (χ3n) is 3.08. The van der Waals surface area contributed by atoms with Crippen molar-refractivity contribution in [2.45, 2.75) is 0 Å². The lowest BCUT2D eigenvalue weighted by atomic mass is 10.2. The summed E-state index contributed by atoms with van der Waals surface area (Å²) in [6.07, 6.45) is 1.40. The lowest BCUT2D eigenvalue weighted by Gasteiger charge is -2.02. The Morgan fingerprint density at radius 2 is 2.00 bits per heavy atom. The zero-order valence-corrected chi connectivity index (χ0v) is 15.6. The molecule has 0 saturated heterocycles. The van der Waals surface area contributed by atoms with Crippen LogP contribution in [0.25, 0.3) is 10.1 Å². The molecule has 7 heteroatoms. The van der Waals surface area contributed by atoms with Gasteiger partial charge in [-0.25, -0.2) is 5.43 Å². The summed E-state index contributed by atoms with van der Waals surface area (Å²) >= 11 is 7.99. The van der Waals surface area contributed by atoms with Gasteiger partial charge in [-0.1, -0.05) is 34.1 Å². The summed E-state index contributed by atoms with van der Waals surface area (Å²) in [4.78, 5) is 12.7. The Hall–Kier alpha value is -1.70. The number of carbonyl (C=O) groups excluding carboxylic acids is 1. The summed E-state index contributed by atoms with van der Waals surface area (Å²) < 4.78 is 2.39. The third-order valence-corrected chi connectivity index (χ3v) is 5.25. The SMILES string of the molecule is O=C(N/N=C/c1cc(Br)cc(Br)c1O)c1cc2ccccc2s1. The summed E-state index contributed by atoms with van der Waals surface area (Å²) in [6, 6.07) is 13.1. The van der Waals surface area contributed by atoms with E-state index in [-0.39, 0.29) is 11.7 Å². The number of phenolic OH excluding ortho intramolecular Hbond substituents is 1. The van der Waals surface area contributed by atoms with E-state index < -0.39 is 0 Å². The van der Waals surface area contributed by atoms with E-state index in [1.165, 1.54) is 17.6 Å². The van der Waals surface area contributed by atoms with Crippen molar-refractivity contribution in [2.75, 3.05) is 0 Å². The van der Waals surface area contributed by atoms with Gasteiger partial charge in [0.05, 0.1) is 15.6 Å². The highest BCUT2D eigenvalue weighted by molar-refractivity contribution is 9.11. The van der Waals surface area contributed by atoms with E-state index in [4.69, 9.17) is 0 Å². The third kappa shape index (κ3) is 3.63. The molecule has 2 N–H and O–H groups in total. The molecule has 0 unspecified atom stereocenters. The van der Waals surface area contributed by atoms with Crippen molar-refractivity contribution in [3.05, 3.63) is 61.9 Å². The molecule has 0 spiro atoms. The molecule has 0 fully saturated rings. The van der Waals surface area contributed by atoms with Crippen LogP contribution in [-0.4, -0.2) is 17.2 Å². The molecule has 1 heterocycles. The van der Waals surface area contributed by atoms with E-state index >= 15 is 0 Å². The molecule has 0 aliphatic carbocycles. The number of hydrogen-bond acceptors (Lipinski definition) is 4. The summed E-state index contributed by atoms with van der Waals surface area (Å²) in [5.74, 6) is -0.218. The first-order valence-electron chi connectivity index (χ1n) is 6.54. The second kappa shape index (κ2) is 6.82. The van der Waals surface area contributed by atoms with Crippen molar-refractivity contribution < 1.29 is 9.90 Å². The maximum absolute atomic E-state index is 12.1. The number of carbonyl (C=O) groups is 1. The van der Waals surface area contributed by atoms with Crippen LogP contribution in [0.3, 0.4) is 0 Å². The van der Waals surface area contributed by atoms with Crippen LogP contribution in [0, 0.1) is 0 Å². The van der Waals surface area contributed by atoms with Gasteiger partial charge in [-0.3, -0.25) is 4.79 Å². The molecule has 1 aromatic heterocycles. The lowest BCUT2D eigenvalue weighted by Crippen LogP contribution is -2.16. The van der Waals surface area contributed by atoms with Gasteiger partial charge >= 0.3 is 0 Å². The van der Waals surface area contributed by atoms with Crippen LogP contribution in [0.15, 0.2) is 56.5 Å². The molecule has 1 amide bonds. The molecule has 23 heavy (non-hydrogen) atoms. The Morgan fingerprint density at radius 1 is 1.22 bits per heavy atom. The highest BCUT2D eigenvalue weighted by atomic mass is 79.9. The van der Waals surface area contributed by atoms with Crippen LogP contribution in [0.2, 0.25) is 0 Å². The predicted molar refractivity (Wildman–Crippen MR) is 100 cm³/mol. The molecular weight excluding hydrogens is 444 g/mol. The number of halogens is 2. The maximum atomic E-state index is 12.1. The molecule has 3 rings (SSSR count). The zero-order chi connectivity index (χ0) is 16.4. The molecular formula is C16H10Br2N2O2S. The minimum absolute atomic E-state index is 0.0630. The molecule has 0 aliphatic heterocycles. The number of aromatic hydroxyl groups is 1. The van der Waals surface area contributed by atoms with Crippen LogP contribution < -0.4 is 5.43 Å². The van der Waals surface area contributed by atoms with Crippen LogP contribution in [0.5, 0.6) is 5.75 Å². The Bertz CT molecular complexity index is 889. The largest absolute Gasteiger partial charge is 0.506 e. The molecule has 2 aromatic carbocycles. The topological polar surface area (TPSA) is 61.7 Å². The number of hydrogen-bond donors (Lipinski definition) is 2. The summed E-state index contributed by atoms with van der Waals surface area (Å²) in [7, 11) is 0. The molecule has 0 aliphatic rings. The van der Waals surface area contributed by atoms with Crippen molar-refractivity contribution >= 4 is 65.4 Å². The molecule has 0 saturated carbocycles. The fourth-order valence-electron chi connectivity index (χ4n) is 1.99. The fraction of sp³-hybridized carbons (Fsp3) is 0. The van der Waals surface area contributed by atoms with Crippen LogP contribution in [-0.2, 0) is 0 Å². The average Bonchev–Trinajstić information content (AvgIpc) is 2.96. The van der Waals surface area contributed by atoms with Gasteiger partial charge in [-0.2, -0.15) is 5.10 Å². The molecule has 0 radical (unpaired) electrons. The van der Waals surface area contributed by atoms with Crippen LogP contribution in [0.4, 0.5) is 0 Å². The van der Waals surface area contributed by atoms with Crippen molar-refractivity contribution in [3.8, 4) is 5.75 Å². The monoisotopic (exact) mass is 452 g/mol. The summed E-state index contributed by atoms with van der Waals surface area (Å²) in [5, 5.41) is 14.9.